The molecule has 92 valence electrons. The molecule has 5 heteroatoms. The normalized spacial score (nSPS) is 23.8. The molecule has 4 nitrogen and oxygen atoms in total. The number of hydrogen-bond donors (Lipinski definition) is 3. The van der Waals surface area contributed by atoms with Gasteiger partial charge < -0.3 is 5.11 Å². The highest BCUT2D eigenvalue weighted by atomic mass is 35.5. The van der Waals surface area contributed by atoms with E-state index in [0.29, 0.717) is 6.42 Å². The summed E-state index contributed by atoms with van der Waals surface area (Å²) in [6, 6.07) is 7.49. The van der Waals surface area contributed by atoms with Crippen LogP contribution in [0.25, 0.3) is 0 Å². The molecule has 1 aliphatic rings. The Morgan fingerprint density at radius 3 is 2.65 bits per heavy atom. The SMILES string of the molecule is O=C(O)C1CC(CCc2ccc(Cl)cc2)NN1. The third-order valence-corrected chi connectivity index (χ3v) is 3.23. The van der Waals surface area contributed by atoms with E-state index < -0.39 is 12.0 Å². The lowest BCUT2D eigenvalue weighted by Gasteiger charge is -2.08. The van der Waals surface area contributed by atoms with Gasteiger partial charge in [0.05, 0.1) is 0 Å². The number of halogens is 1. The Morgan fingerprint density at radius 2 is 2.06 bits per heavy atom. The van der Waals surface area contributed by atoms with Crippen LogP contribution in [-0.2, 0) is 11.2 Å². The van der Waals surface area contributed by atoms with Crippen molar-refractivity contribution in [2.24, 2.45) is 0 Å². The lowest BCUT2D eigenvalue weighted by molar-refractivity contribution is -0.139. The first-order valence-electron chi connectivity index (χ1n) is 5.63. The second-order valence-corrected chi connectivity index (χ2v) is 4.71. The number of aryl methyl sites for hydroxylation is 1. The van der Waals surface area contributed by atoms with Gasteiger partial charge in [0, 0.05) is 11.1 Å². The molecule has 1 saturated heterocycles. The topological polar surface area (TPSA) is 61.4 Å². The summed E-state index contributed by atoms with van der Waals surface area (Å²) in [6.45, 7) is 0. The minimum Gasteiger partial charge on any atom is -0.480 e. The van der Waals surface area contributed by atoms with Crippen LogP contribution in [0.1, 0.15) is 18.4 Å². The molecular weight excluding hydrogens is 240 g/mol. The minimum atomic E-state index is -0.800. The number of carboxylic acids is 1. The summed E-state index contributed by atoms with van der Waals surface area (Å²) in [6.07, 6.45) is 2.46. The van der Waals surface area contributed by atoms with Crippen LogP contribution in [0.4, 0.5) is 0 Å². The molecule has 2 rings (SSSR count). The fourth-order valence-electron chi connectivity index (χ4n) is 1.97. The molecular formula is C12H15ClN2O2. The zero-order chi connectivity index (χ0) is 12.3. The molecule has 1 aromatic carbocycles. The van der Waals surface area contributed by atoms with Crippen LogP contribution in [0, 0.1) is 0 Å². The first-order chi connectivity index (χ1) is 8.15. The summed E-state index contributed by atoms with van der Waals surface area (Å²) in [4.78, 5) is 10.7. The highest BCUT2D eigenvalue weighted by Gasteiger charge is 2.28. The molecule has 0 bridgehead atoms. The van der Waals surface area contributed by atoms with Gasteiger partial charge in [-0.2, -0.15) is 0 Å². The van der Waals surface area contributed by atoms with Crippen molar-refractivity contribution in [3.63, 3.8) is 0 Å². The maximum absolute atomic E-state index is 10.7. The zero-order valence-electron chi connectivity index (χ0n) is 9.32. The van der Waals surface area contributed by atoms with Gasteiger partial charge in [0.1, 0.15) is 6.04 Å². The van der Waals surface area contributed by atoms with Crippen LogP contribution in [0.5, 0.6) is 0 Å². The second kappa shape index (κ2) is 5.49. The fourth-order valence-corrected chi connectivity index (χ4v) is 2.09. The Kier molecular flexibility index (Phi) is 3.99. The maximum atomic E-state index is 10.7. The minimum absolute atomic E-state index is 0.215. The third kappa shape index (κ3) is 3.43. The quantitative estimate of drug-likeness (QED) is 0.764. The lowest BCUT2D eigenvalue weighted by atomic mass is 10.0. The van der Waals surface area contributed by atoms with Gasteiger partial charge in [0.25, 0.3) is 0 Å². The van der Waals surface area contributed by atoms with Crippen LogP contribution in [-0.4, -0.2) is 23.2 Å². The lowest BCUT2D eigenvalue weighted by Crippen LogP contribution is -2.37. The molecule has 0 radical (unpaired) electrons. The Morgan fingerprint density at radius 1 is 1.35 bits per heavy atom. The van der Waals surface area contributed by atoms with E-state index in [0.717, 1.165) is 17.9 Å². The van der Waals surface area contributed by atoms with Crippen molar-refractivity contribution in [1.82, 2.24) is 10.9 Å². The van der Waals surface area contributed by atoms with Gasteiger partial charge in [-0.25, -0.2) is 5.43 Å². The molecule has 2 unspecified atom stereocenters. The number of carbonyl (C=O) groups is 1. The van der Waals surface area contributed by atoms with Gasteiger partial charge in [-0.15, -0.1) is 0 Å². The zero-order valence-corrected chi connectivity index (χ0v) is 10.1. The molecule has 1 aliphatic heterocycles. The van der Waals surface area contributed by atoms with Gasteiger partial charge in [-0.3, -0.25) is 10.2 Å². The van der Waals surface area contributed by atoms with Crippen LogP contribution >= 0.6 is 11.6 Å². The number of rotatable bonds is 4. The highest BCUT2D eigenvalue weighted by molar-refractivity contribution is 6.30. The number of nitrogens with one attached hydrogen (secondary N) is 2. The van der Waals surface area contributed by atoms with Gasteiger partial charge in [-0.05, 0) is 37.0 Å². The molecule has 3 N–H and O–H groups in total. The number of aliphatic carboxylic acids is 1. The predicted molar refractivity (Wildman–Crippen MR) is 65.9 cm³/mol. The molecule has 1 aromatic rings. The van der Waals surface area contributed by atoms with Gasteiger partial charge >= 0.3 is 5.97 Å². The van der Waals surface area contributed by atoms with E-state index in [2.05, 4.69) is 10.9 Å². The summed E-state index contributed by atoms with van der Waals surface area (Å²) < 4.78 is 0. The van der Waals surface area contributed by atoms with Crippen molar-refractivity contribution in [3.8, 4) is 0 Å². The molecule has 0 aromatic heterocycles. The molecule has 1 heterocycles. The molecule has 0 aliphatic carbocycles. The Balaban J connectivity index is 1.80. The van der Waals surface area contributed by atoms with Gasteiger partial charge in [-0.1, -0.05) is 23.7 Å². The summed E-state index contributed by atoms with van der Waals surface area (Å²) in [5.74, 6) is -0.800. The highest BCUT2D eigenvalue weighted by Crippen LogP contribution is 2.14. The van der Waals surface area contributed by atoms with Crippen molar-refractivity contribution in [2.75, 3.05) is 0 Å². The van der Waals surface area contributed by atoms with Crippen molar-refractivity contribution in [1.29, 1.82) is 0 Å². The van der Waals surface area contributed by atoms with E-state index >= 15 is 0 Å². The third-order valence-electron chi connectivity index (χ3n) is 2.97. The summed E-state index contributed by atoms with van der Waals surface area (Å²) in [5, 5.41) is 9.57. The Bertz CT molecular complexity index is 394. The molecule has 0 spiro atoms. The maximum Gasteiger partial charge on any atom is 0.322 e. The van der Waals surface area contributed by atoms with E-state index in [9.17, 15) is 4.79 Å². The molecule has 1 fully saturated rings. The first kappa shape index (κ1) is 12.4. The smallest absolute Gasteiger partial charge is 0.322 e. The monoisotopic (exact) mass is 254 g/mol. The van der Waals surface area contributed by atoms with Crippen LogP contribution in [0.2, 0.25) is 5.02 Å². The average Bonchev–Trinajstić information content (AvgIpc) is 2.77. The van der Waals surface area contributed by atoms with Gasteiger partial charge in [0.2, 0.25) is 0 Å². The van der Waals surface area contributed by atoms with Crippen molar-refractivity contribution in [3.05, 3.63) is 34.9 Å². The Hall–Kier alpha value is -1.10. The van der Waals surface area contributed by atoms with E-state index in [4.69, 9.17) is 16.7 Å². The second-order valence-electron chi connectivity index (χ2n) is 4.28. The Labute approximate surface area is 105 Å². The van der Waals surface area contributed by atoms with E-state index in [-0.39, 0.29) is 6.04 Å². The van der Waals surface area contributed by atoms with E-state index in [1.807, 2.05) is 24.3 Å². The molecule has 0 saturated carbocycles. The number of benzene rings is 1. The summed E-state index contributed by atoms with van der Waals surface area (Å²) in [7, 11) is 0. The average molecular weight is 255 g/mol. The van der Waals surface area contributed by atoms with Gasteiger partial charge in [0.15, 0.2) is 0 Å². The summed E-state index contributed by atoms with van der Waals surface area (Å²) >= 11 is 5.81. The number of hydrogen-bond acceptors (Lipinski definition) is 3. The van der Waals surface area contributed by atoms with Crippen LogP contribution in [0.15, 0.2) is 24.3 Å². The first-order valence-corrected chi connectivity index (χ1v) is 6.01. The standard InChI is InChI=1S/C12H15ClN2O2/c13-9-4-1-8(2-5-9)3-6-10-7-11(12(16)17)15-14-10/h1-2,4-5,10-11,14-15H,3,6-7H2,(H,16,17). The van der Waals surface area contributed by atoms with Crippen LogP contribution < -0.4 is 10.9 Å². The predicted octanol–water partition coefficient (Wildman–Crippen LogP) is 1.59. The molecule has 17 heavy (non-hydrogen) atoms. The number of carboxylic acid groups (broad SMARTS) is 1. The van der Waals surface area contributed by atoms with Crippen LogP contribution in [0.3, 0.4) is 0 Å². The van der Waals surface area contributed by atoms with Crippen molar-refractivity contribution >= 4 is 17.6 Å². The largest absolute Gasteiger partial charge is 0.480 e. The molecule has 2 atom stereocenters. The fraction of sp³-hybridized carbons (Fsp3) is 0.417. The van der Waals surface area contributed by atoms with Crippen molar-refractivity contribution < 1.29 is 9.90 Å². The van der Waals surface area contributed by atoms with E-state index in [1.54, 1.807) is 0 Å². The molecule has 0 amide bonds. The summed E-state index contributed by atoms with van der Waals surface area (Å²) in [5.41, 5.74) is 7.01. The van der Waals surface area contributed by atoms with E-state index in [1.165, 1.54) is 5.56 Å². The number of hydrazine groups is 1. The van der Waals surface area contributed by atoms with Crippen molar-refractivity contribution in [2.45, 2.75) is 31.3 Å².